The number of allylic oxidation sites excluding steroid dienone is 1. The summed E-state index contributed by atoms with van der Waals surface area (Å²) < 4.78 is 2.28. The van der Waals surface area contributed by atoms with Gasteiger partial charge in [-0.15, -0.1) is 6.42 Å². The minimum Gasteiger partial charge on any atom is -0.310 e. The van der Waals surface area contributed by atoms with Crippen LogP contribution in [0.1, 0.15) is 37.6 Å². The summed E-state index contributed by atoms with van der Waals surface area (Å²) in [5, 5.41) is 2.50. The van der Waals surface area contributed by atoms with Gasteiger partial charge in [0.25, 0.3) is 0 Å². The van der Waals surface area contributed by atoms with Gasteiger partial charge in [0.15, 0.2) is 0 Å². The SMILES string of the molecule is C#Cc1ccc(-n2c(/C=C\C)c(C)c(=C/C)/c2=C\C)cc1. The van der Waals surface area contributed by atoms with Crippen LogP contribution in [0, 0.1) is 19.3 Å². The van der Waals surface area contributed by atoms with Crippen LogP contribution in [0.15, 0.2) is 30.3 Å². The fourth-order valence-corrected chi connectivity index (χ4v) is 2.74. The maximum Gasteiger partial charge on any atom is 0.0494 e. The van der Waals surface area contributed by atoms with E-state index in [9.17, 15) is 0 Å². The normalized spacial score (nSPS) is 13.1. The Morgan fingerprint density at radius 2 is 1.71 bits per heavy atom. The Balaban J connectivity index is 2.87. The van der Waals surface area contributed by atoms with Crippen LogP contribution in [0.3, 0.4) is 0 Å². The highest BCUT2D eigenvalue weighted by Crippen LogP contribution is 2.14. The summed E-state index contributed by atoms with van der Waals surface area (Å²) in [6.07, 6.45) is 14.0. The molecule has 1 heterocycles. The Labute approximate surface area is 126 Å². The zero-order valence-corrected chi connectivity index (χ0v) is 13.1. The van der Waals surface area contributed by atoms with Gasteiger partial charge in [-0.2, -0.15) is 0 Å². The zero-order chi connectivity index (χ0) is 15.4. The van der Waals surface area contributed by atoms with Crippen molar-refractivity contribution in [3.05, 3.63) is 57.7 Å². The fourth-order valence-electron chi connectivity index (χ4n) is 2.74. The summed E-state index contributed by atoms with van der Waals surface area (Å²) in [6, 6.07) is 8.12. The maximum atomic E-state index is 5.44. The highest BCUT2D eigenvalue weighted by atomic mass is 15.0. The minimum atomic E-state index is 0.902. The fraction of sp³-hybridized carbons (Fsp3) is 0.200. The Morgan fingerprint density at radius 1 is 1.05 bits per heavy atom. The van der Waals surface area contributed by atoms with Crippen molar-refractivity contribution >= 4 is 18.2 Å². The first-order chi connectivity index (χ1) is 10.2. The third-order valence-corrected chi connectivity index (χ3v) is 3.72. The molecule has 0 saturated carbocycles. The quantitative estimate of drug-likeness (QED) is 0.740. The second kappa shape index (κ2) is 6.33. The van der Waals surface area contributed by atoms with Gasteiger partial charge in [-0.3, -0.25) is 0 Å². The molecule has 1 heteroatoms. The predicted octanol–water partition coefficient (Wildman–Crippen LogP) is 3.40. The van der Waals surface area contributed by atoms with Gasteiger partial charge in [0.2, 0.25) is 0 Å². The minimum absolute atomic E-state index is 0.902. The number of nitrogens with zero attached hydrogens (tertiary/aromatic N) is 1. The maximum absolute atomic E-state index is 5.44. The van der Waals surface area contributed by atoms with E-state index in [1.54, 1.807) is 0 Å². The lowest BCUT2D eigenvalue weighted by Crippen LogP contribution is -2.28. The van der Waals surface area contributed by atoms with Gasteiger partial charge in [0.1, 0.15) is 0 Å². The van der Waals surface area contributed by atoms with Gasteiger partial charge in [-0.25, -0.2) is 0 Å². The molecule has 2 rings (SSSR count). The van der Waals surface area contributed by atoms with E-state index in [2.05, 4.69) is 67.7 Å². The average molecular weight is 275 g/mol. The topological polar surface area (TPSA) is 4.93 Å². The molecule has 0 fully saturated rings. The Kier molecular flexibility index (Phi) is 4.50. The van der Waals surface area contributed by atoms with E-state index in [0.29, 0.717) is 0 Å². The Bertz CT molecular complexity index is 822. The molecule has 0 amide bonds. The van der Waals surface area contributed by atoms with Crippen molar-refractivity contribution in [3.63, 3.8) is 0 Å². The first-order valence-corrected chi connectivity index (χ1v) is 7.21. The predicted molar refractivity (Wildman–Crippen MR) is 92.7 cm³/mol. The lowest BCUT2D eigenvalue weighted by Gasteiger charge is -2.08. The van der Waals surface area contributed by atoms with Crippen LogP contribution in [0.5, 0.6) is 0 Å². The van der Waals surface area contributed by atoms with Gasteiger partial charge >= 0.3 is 0 Å². The van der Waals surface area contributed by atoms with E-state index in [-0.39, 0.29) is 0 Å². The molecule has 0 radical (unpaired) electrons. The third-order valence-electron chi connectivity index (χ3n) is 3.72. The van der Waals surface area contributed by atoms with Gasteiger partial charge in [-0.05, 0) is 68.8 Å². The van der Waals surface area contributed by atoms with E-state index >= 15 is 0 Å². The van der Waals surface area contributed by atoms with Crippen LogP contribution in [0.2, 0.25) is 0 Å². The molecule has 0 saturated heterocycles. The van der Waals surface area contributed by atoms with Crippen molar-refractivity contribution in [2.24, 2.45) is 0 Å². The van der Waals surface area contributed by atoms with Crippen LogP contribution in [0.25, 0.3) is 23.9 Å². The molecule has 2 aromatic rings. The lowest BCUT2D eigenvalue weighted by atomic mass is 10.2. The summed E-state index contributed by atoms with van der Waals surface area (Å²) in [7, 11) is 0. The van der Waals surface area contributed by atoms with Crippen LogP contribution < -0.4 is 10.6 Å². The molecule has 0 bridgehead atoms. The number of hydrogen-bond acceptors (Lipinski definition) is 0. The molecule has 0 N–H and O–H groups in total. The van der Waals surface area contributed by atoms with Crippen LogP contribution in [-0.2, 0) is 0 Å². The van der Waals surface area contributed by atoms with E-state index < -0.39 is 0 Å². The van der Waals surface area contributed by atoms with Crippen molar-refractivity contribution < 1.29 is 0 Å². The molecule has 0 spiro atoms. The molecule has 0 aliphatic heterocycles. The Morgan fingerprint density at radius 3 is 2.19 bits per heavy atom. The molecule has 21 heavy (non-hydrogen) atoms. The summed E-state index contributed by atoms with van der Waals surface area (Å²) in [6.45, 7) is 8.38. The van der Waals surface area contributed by atoms with Gasteiger partial charge in [-0.1, -0.05) is 24.1 Å². The molecule has 0 unspecified atom stereocenters. The summed E-state index contributed by atoms with van der Waals surface area (Å²) in [4.78, 5) is 0. The summed E-state index contributed by atoms with van der Waals surface area (Å²) in [5.41, 5.74) is 4.54. The molecular weight excluding hydrogens is 254 g/mol. The zero-order valence-electron chi connectivity index (χ0n) is 13.1. The van der Waals surface area contributed by atoms with Crippen molar-refractivity contribution in [1.82, 2.24) is 4.57 Å². The smallest absolute Gasteiger partial charge is 0.0494 e. The number of hydrogen-bond donors (Lipinski definition) is 0. The number of rotatable bonds is 2. The lowest BCUT2D eigenvalue weighted by molar-refractivity contribution is 1.01. The average Bonchev–Trinajstić information content (AvgIpc) is 2.79. The molecule has 1 nitrogen and oxygen atoms in total. The highest BCUT2D eigenvalue weighted by Gasteiger charge is 2.10. The van der Waals surface area contributed by atoms with Crippen molar-refractivity contribution in [3.8, 4) is 18.0 Å². The van der Waals surface area contributed by atoms with E-state index in [0.717, 1.165) is 11.3 Å². The third kappa shape index (κ3) is 2.58. The second-order valence-electron chi connectivity index (χ2n) is 4.91. The standard InChI is InChI=1S/C20H21N/c1-6-10-20-15(5)18(8-3)19(9-4)21(20)17-13-11-16(7-2)12-14-17/h2,6,8-14H,1,3-5H3/b10-6-,18-8-,19-9+. The van der Waals surface area contributed by atoms with E-state index in [4.69, 9.17) is 6.42 Å². The first kappa shape index (κ1) is 14.9. The van der Waals surface area contributed by atoms with Crippen LogP contribution >= 0.6 is 0 Å². The summed E-state index contributed by atoms with van der Waals surface area (Å²) in [5.74, 6) is 2.66. The van der Waals surface area contributed by atoms with Crippen molar-refractivity contribution in [2.45, 2.75) is 27.7 Å². The van der Waals surface area contributed by atoms with Crippen molar-refractivity contribution in [1.29, 1.82) is 0 Å². The van der Waals surface area contributed by atoms with E-state index in [1.807, 2.05) is 19.1 Å². The molecule has 0 aliphatic carbocycles. The number of aromatic nitrogens is 1. The van der Waals surface area contributed by atoms with Gasteiger partial charge in [0.05, 0.1) is 0 Å². The number of benzene rings is 1. The molecular formula is C20H21N. The van der Waals surface area contributed by atoms with Crippen molar-refractivity contribution in [2.75, 3.05) is 0 Å². The van der Waals surface area contributed by atoms with Crippen LogP contribution in [-0.4, -0.2) is 4.57 Å². The van der Waals surface area contributed by atoms with E-state index in [1.165, 1.54) is 21.8 Å². The molecule has 0 atom stereocenters. The first-order valence-electron chi connectivity index (χ1n) is 7.21. The Hall–Kier alpha value is -2.46. The number of terminal acetylenes is 1. The monoisotopic (exact) mass is 275 g/mol. The highest BCUT2D eigenvalue weighted by molar-refractivity contribution is 5.57. The largest absolute Gasteiger partial charge is 0.310 e. The summed E-state index contributed by atoms with van der Waals surface area (Å²) >= 11 is 0. The molecule has 1 aromatic heterocycles. The second-order valence-corrected chi connectivity index (χ2v) is 4.91. The molecule has 1 aromatic carbocycles. The molecule has 0 aliphatic rings. The van der Waals surface area contributed by atoms with Gasteiger partial charge in [0, 0.05) is 22.3 Å². The van der Waals surface area contributed by atoms with Crippen LogP contribution in [0.4, 0.5) is 0 Å². The molecule has 106 valence electrons. The van der Waals surface area contributed by atoms with Gasteiger partial charge < -0.3 is 4.57 Å².